The van der Waals surface area contributed by atoms with Crippen LogP contribution in [-0.2, 0) is 47.7 Å². The van der Waals surface area contributed by atoms with Crippen LogP contribution in [-0.4, -0.2) is 123 Å². The Hall–Kier alpha value is -3.82. The Kier molecular flexibility index (Phi) is 26.0. The highest BCUT2D eigenvalue weighted by molar-refractivity contribution is 5.83. The van der Waals surface area contributed by atoms with Crippen molar-refractivity contribution in [3.05, 3.63) is 0 Å². The molecule has 135 heavy (non-hydrogen) atoms. The second-order valence-electron chi connectivity index (χ2n) is 52.5. The number of esters is 5. The van der Waals surface area contributed by atoms with Gasteiger partial charge in [-0.15, -0.1) is 0 Å². The summed E-state index contributed by atoms with van der Waals surface area (Å²) >= 11 is 0. The lowest BCUT2D eigenvalue weighted by Gasteiger charge is -2.62. The number of halogens is 15. The number of carbonyl (C=O) groups excluding carboxylic acids is 5. The Morgan fingerprint density at radius 1 is 0.304 bits per heavy atom. The fraction of sp³-hybridized carbons (Fsp3) is 0.953. The van der Waals surface area contributed by atoms with Crippen LogP contribution in [0.4, 0.5) is 65.9 Å². The second kappa shape index (κ2) is 34.2. The van der Waals surface area contributed by atoms with E-state index in [1.165, 1.54) is 25.7 Å². The highest BCUT2D eigenvalue weighted by Crippen LogP contribution is 2.76. The summed E-state index contributed by atoms with van der Waals surface area (Å²) in [5.74, 6) is -2.30. The summed E-state index contributed by atoms with van der Waals surface area (Å²) in [6.45, 7) is 31.0. The van der Waals surface area contributed by atoms with Crippen LogP contribution in [0.2, 0.25) is 0 Å². The van der Waals surface area contributed by atoms with Crippen molar-refractivity contribution in [1.29, 1.82) is 0 Å². The van der Waals surface area contributed by atoms with Crippen molar-refractivity contribution in [2.75, 3.05) is 7.11 Å². The van der Waals surface area contributed by atoms with Crippen LogP contribution in [0.3, 0.4) is 0 Å². The molecule has 30 atom stereocenters. The molecule has 768 valence electrons. The first-order chi connectivity index (χ1) is 62.4. The molecule has 24 bridgehead atoms. The SMILES string of the molecule is CC1C2CC(C1C)C(C(=O)OC(C)(C)C13CC4CC(CC(C4)C1)C3)(C(F)(F)F)C2.CC1C2CC(C1C)C(C(=O)OC1(C)C3CC4CC(C3)CC1C4)(C(F)(F)F)C2.CC1C2CC(C1C)C(C(=O)OC13CC4CC(O)(CC(O)(C4)C1)C3)(C(F)(F)F)C2.CC1C2CC(C1C)C(C(=O)OC1CC3CCC1C3)(C(F)(F)F)C2.CC1CCC(C(C)(C)OC(=O)C2(C(F)(F)F)CC3CC2C(C)C3C)CC1.CO. The van der Waals surface area contributed by atoms with Gasteiger partial charge >= 0.3 is 60.7 Å². The smallest absolute Gasteiger partial charge is 0.405 e. The van der Waals surface area contributed by atoms with Gasteiger partial charge in [0.2, 0.25) is 0 Å². The van der Waals surface area contributed by atoms with Gasteiger partial charge in [0.1, 0.15) is 28.5 Å². The minimum atomic E-state index is -4.66. The Bertz CT molecular complexity index is 4320. The molecule has 0 spiro atoms. The molecule has 13 nitrogen and oxygen atoms in total. The highest BCUT2D eigenvalue weighted by Gasteiger charge is 2.81. The van der Waals surface area contributed by atoms with E-state index < -0.39 is 151 Å². The molecule has 25 aliphatic carbocycles. The predicted molar refractivity (Wildman–Crippen MR) is 472 cm³/mol. The van der Waals surface area contributed by atoms with Crippen molar-refractivity contribution in [3.63, 3.8) is 0 Å². The van der Waals surface area contributed by atoms with E-state index >= 15 is 0 Å². The van der Waals surface area contributed by atoms with Crippen molar-refractivity contribution in [2.45, 2.75) is 406 Å². The van der Waals surface area contributed by atoms with Crippen LogP contribution in [0, 0.1) is 222 Å². The molecule has 0 amide bonds. The fourth-order valence-corrected chi connectivity index (χ4v) is 38.0. The minimum absolute atomic E-state index is 0.00389. The molecule has 25 fully saturated rings. The first kappa shape index (κ1) is 103. The molecule has 25 rings (SSSR count). The van der Waals surface area contributed by atoms with Gasteiger partial charge in [-0.1, -0.05) is 89.0 Å². The van der Waals surface area contributed by atoms with Crippen LogP contribution in [0.5, 0.6) is 0 Å². The number of rotatable bonds is 12. The van der Waals surface area contributed by atoms with E-state index in [1.807, 2.05) is 90.0 Å². The molecular formula is C107H157F15O13. The molecule has 0 aromatic carbocycles. The fourth-order valence-electron chi connectivity index (χ4n) is 38.0. The molecule has 3 N–H and O–H groups in total. The van der Waals surface area contributed by atoms with E-state index in [4.69, 9.17) is 28.8 Å². The maximum Gasteiger partial charge on any atom is 0.405 e. The van der Waals surface area contributed by atoms with Gasteiger partial charge in [-0.05, 0) is 417 Å². The van der Waals surface area contributed by atoms with Crippen molar-refractivity contribution in [3.8, 4) is 0 Å². The number of carbonyl (C=O) groups is 5. The first-order valence-corrected chi connectivity index (χ1v) is 52.8. The van der Waals surface area contributed by atoms with Crippen molar-refractivity contribution < 1.29 is 129 Å². The van der Waals surface area contributed by atoms with Crippen LogP contribution < -0.4 is 0 Å². The van der Waals surface area contributed by atoms with Gasteiger partial charge in [-0.2, -0.15) is 65.9 Å². The quantitative estimate of drug-likeness (QED) is 0.0951. The lowest BCUT2D eigenvalue weighted by molar-refractivity contribution is -0.287. The van der Waals surface area contributed by atoms with Gasteiger partial charge in [-0.3, -0.25) is 24.0 Å². The third kappa shape index (κ3) is 16.1. The molecule has 0 radical (unpaired) electrons. The Labute approximate surface area is 790 Å². The molecule has 25 aliphatic rings. The summed E-state index contributed by atoms with van der Waals surface area (Å²) in [7, 11) is 1.00. The summed E-state index contributed by atoms with van der Waals surface area (Å²) in [6.07, 6.45) is 0.940. The summed E-state index contributed by atoms with van der Waals surface area (Å²) in [4.78, 5) is 65.8. The largest absolute Gasteiger partial charge is 0.461 e. The molecule has 28 heteroatoms. The number of hydrogen-bond donors (Lipinski definition) is 3. The molecule has 0 aromatic heterocycles. The van der Waals surface area contributed by atoms with Crippen molar-refractivity contribution in [1.82, 2.24) is 0 Å². The van der Waals surface area contributed by atoms with Gasteiger partial charge in [0, 0.05) is 31.8 Å². The van der Waals surface area contributed by atoms with Crippen molar-refractivity contribution >= 4 is 29.8 Å². The Morgan fingerprint density at radius 2 is 0.630 bits per heavy atom. The van der Waals surface area contributed by atoms with Gasteiger partial charge in [0.05, 0.1) is 11.2 Å². The highest BCUT2D eigenvalue weighted by atomic mass is 19.4. The minimum Gasteiger partial charge on any atom is -0.461 e. The summed E-state index contributed by atoms with van der Waals surface area (Å²) in [5, 5.41) is 28.7. The maximum absolute atomic E-state index is 14.5. The maximum atomic E-state index is 14.5. The third-order valence-electron chi connectivity index (χ3n) is 45.5. The normalized spacial score (nSPS) is 51.1. The number of aliphatic hydroxyl groups excluding tert-OH is 1. The lowest BCUT2D eigenvalue weighted by atomic mass is 9.46. The molecule has 25 saturated carbocycles. The standard InChI is InChI=1S/C24H35F3O2.C22H31F3O2.C21H29F3O4.C21H33F3O2.C18H25F3O2.CH4O/c1-13-14(2)19-8-18(13)12-23(19,24(25,26)27)20(28)29-21(3,4)22-9-15-5-16(10-22)7-17(6-15)11-22;1-11-12(2)18-9-15(11)10-21(18,22(23,24)25)19(26)27-20(3)16-5-13-4-14(7-16)8-17(20)6-13;1-11-12(2)15-3-14(11)7-20(15,21(22,23)24)16(25)28-19-6-13-4-17(26,9-19)8-18(27,5-13)10-19;1-12-6-8-16(9-7-12)19(4,5)26-18(25)20(21(22,23)24)11-15-10-17(20)14(3)13(15)2;1-9-10(2)14-7-13(9)8-17(14,18(19,20)21)16(22)23-15-6-11-3-4-12(15)5-11;1-2/h13-19H,5-12H2,1-4H3;11-18H,4-10H2,1-3H3;11-15,26-27H,3-10H2,1-2H3;12-17H,6-11H2,1-5H3;9-15H,3-8H2,1-2H3;2H,1H3. The average Bonchev–Trinajstić information content (AvgIpc) is 1.53. The van der Waals surface area contributed by atoms with Crippen molar-refractivity contribution in [2.24, 2.45) is 222 Å². The topological polar surface area (TPSA) is 192 Å². The van der Waals surface area contributed by atoms with Crippen LogP contribution >= 0.6 is 0 Å². The molecule has 30 unspecified atom stereocenters. The predicted octanol–water partition coefficient (Wildman–Crippen LogP) is 25.8. The molecule has 0 aliphatic heterocycles. The first-order valence-electron chi connectivity index (χ1n) is 52.8. The number of alkyl halides is 15. The molecular weight excluding hydrogens is 1780 g/mol. The van der Waals surface area contributed by atoms with Gasteiger partial charge in [-0.25, -0.2) is 0 Å². The summed E-state index contributed by atoms with van der Waals surface area (Å²) in [5.41, 5.74) is -17.5. The van der Waals surface area contributed by atoms with Crippen LogP contribution in [0.1, 0.15) is 336 Å². The molecule has 0 heterocycles. The second-order valence-corrected chi connectivity index (χ2v) is 52.5. The third-order valence-corrected chi connectivity index (χ3v) is 45.5. The monoisotopic (exact) mass is 1940 g/mol. The number of ether oxygens (including phenoxy) is 5. The number of fused-ring (bicyclic) bond motifs is 12. The van der Waals surface area contributed by atoms with E-state index in [0.29, 0.717) is 98.7 Å². The van der Waals surface area contributed by atoms with E-state index in [-0.39, 0.29) is 175 Å². The Morgan fingerprint density at radius 3 is 0.941 bits per heavy atom. The van der Waals surface area contributed by atoms with E-state index in [2.05, 4.69) is 6.92 Å². The van der Waals surface area contributed by atoms with Crippen LogP contribution in [0.25, 0.3) is 0 Å². The molecule has 0 aromatic rings. The van der Waals surface area contributed by atoms with E-state index in [0.717, 1.165) is 103 Å². The lowest BCUT2D eigenvalue weighted by Crippen LogP contribution is -2.68. The number of hydrogen-bond acceptors (Lipinski definition) is 13. The average molecular weight is 1940 g/mol. The van der Waals surface area contributed by atoms with E-state index in [1.54, 1.807) is 13.8 Å². The zero-order chi connectivity index (χ0) is 98.7. The van der Waals surface area contributed by atoms with Gasteiger partial charge in [0.25, 0.3) is 0 Å². The van der Waals surface area contributed by atoms with E-state index in [9.17, 15) is 100 Å². The number of aliphatic hydroxyl groups is 3. The zero-order valence-corrected chi connectivity index (χ0v) is 82.9. The summed E-state index contributed by atoms with van der Waals surface area (Å²) < 4.78 is 243. The molecule has 0 saturated heterocycles. The van der Waals surface area contributed by atoms with Crippen LogP contribution in [0.15, 0.2) is 0 Å². The summed E-state index contributed by atoms with van der Waals surface area (Å²) in [6, 6.07) is 0. The zero-order valence-electron chi connectivity index (χ0n) is 82.9. The van der Waals surface area contributed by atoms with Gasteiger partial charge in [0.15, 0.2) is 27.1 Å². The Balaban J connectivity index is 0.000000117. The van der Waals surface area contributed by atoms with Gasteiger partial charge < -0.3 is 39.0 Å².